The van der Waals surface area contributed by atoms with Gasteiger partial charge in [-0.3, -0.25) is 0 Å². The molecule has 0 aromatic heterocycles. The zero-order chi connectivity index (χ0) is 23.8. The van der Waals surface area contributed by atoms with Crippen LogP contribution in [0.3, 0.4) is 0 Å². The average molecular weight is 463 g/mol. The van der Waals surface area contributed by atoms with Gasteiger partial charge >= 0.3 is 37.7 Å². The number of hydrogen-bond donors (Lipinski definition) is 0. The summed E-state index contributed by atoms with van der Waals surface area (Å²) in [6.45, 7) is 22.4. The van der Waals surface area contributed by atoms with Crippen molar-refractivity contribution >= 4 is 37.7 Å². The van der Waals surface area contributed by atoms with Crippen LogP contribution in [-0.4, -0.2) is 37.7 Å². The van der Waals surface area contributed by atoms with Crippen molar-refractivity contribution in [3.63, 3.8) is 0 Å². The van der Waals surface area contributed by atoms with Crippen LogP contribution in [0, 0.1) is 10.8 Å². The van der Waals surface area contributed by atoms with Crippen molar-refractivity contribution in [3.05, 3.63) is 58.7 Å². The summed E-state index contributed by atoms with van der Waals surface area (Å²) in [6, 6.07) is 11.3. The Kier molecular flexibility index (Phi) is 9.42. The fourth-order valence-corrected chi connectivity index (χ4v) is 5.34. The Hall–Kier alpha value is -0.700. The van der Waals surface area contributed by atoms with Crippen molar-refractivity contribution in [2.75, 3.05) is 0 Å². The van der Waals surface area contributed by atoms with Gasteiger partial charge in [-0.25, -0.2) is 0 Å². The molecule has 0 fully saturated rings. The fraction of sp³-hybridized carbons (Fsp3) is 0.586. The van der Waals surface area contributed by atoms with Gasteiger partial charge in [0, 0.05) is 0 Å². The molecule has 0 aliphatic rings. The van der Waals surface area contributed by atoms with E-state index in [0.29, 0.717) is 17.5 Å². The number of benzene rings is 2. The average Bonchev–Trinajstić information content (AvgIpc) is 2.54. The van der Waals surface area contributed by atoms with Crippen molar-refractivity contribution in [3.8, 4) is 11.5 Å². The smallest absolute Gasteiger partial charge is 0.872 e. The Bertz CT molecular complexity index is 836. The summed E-state index contributed by atoms with van der Waals surface area (Å²) in [5.74, 6) is 0.0168. The summed E-state index contributed by atoms with van der Waals surface area (Å²) in [4.78, 5) is 0. The standard InChI is InChI=1S/C29H44O2.Ca/c1-26(2,3)18-28(7,8)22-11-13-24(30)20(16-22)15-21-17-23(12-14-25(21)31)29(9,10)19-27(4,5)6;/h11-14,16-17,30-31H,15,18-19H2,1-10H3;/q;+2/p-2. The van der Waals surface area contributed by atoms with Crippen molar-refractivity contribution in [1.82, 2.24) is 0 Å². The van der Waals surface area contributed by atoms with Gasteiger partial charge in [0.25, 0.3) is 0 Å². The van der Waals surface area contributed by atoms with Crippen LogP contribution >= 0.6 is 0 Å². The van der Waals surface area contributed by atoms with Gasteiger partial charge < -0.3 is 10.2 Å². The molecule has 172 valence electrons. The summed E-state index contributed by atoms with van der Waals surface area (Å²) in [6.07, 6.45) is 2.42. The topological polar surface area (TPSA) is 46.1 Å². The van der Waals surface area contributed by atoms with Gasteiger partial charge in [0.1, 0.15) is 0 Å². The largest absolute Gasteiger partial charge is 2.00 e. The Morgan fingerprint density at radius 2 is 0.875 bits per heavy atom. The normalized spacial score (nSPS) is 13.1. The minimum atomic E-state index is -0.0441. The molecular weight excluding hydrogens is 420 g/mol. The quantitative estimate of drug-likeness (QED) is 0.462. The summed E-state index contributed by atoms with van der Waals surface area (Å²) in [5, 5.41) is 25.3. The summed E-state index contributed by atoms with van der Waals surface area (Å²) >= 11 is 0. The fourth-order valence-electron chi connectivity index (χ4n) is 5.34. The number of rotatable bonds is 6. The monoisotopic (exact) mass is 462 g/mol. The first kappa shape index (κ1) is 29.3. The van der Waals surface area contributed by atoms with Crippen LogP contribution in [0.2, 0.25) is 0 Å². The van der Waals surface area contributed by atoms with Crippen molar-refractivity contribution in [2.24, 2.45) is 10.8 Å². The summed E-state index contributed by atoms with van der Waals surface area (Å²) in [5.41, 5.74) is 4.03. The van der Waals surface area contributed by atoms with E-state index in [2.05, 4.69) is 69.2 Å². The molecule has 0 saturated heterocycles. The Balaban J connectivity index is 0.00000512. The van der Waals surface area contributed by atoms with Crippen LogP contribution in [0.25, 0.3) is 0 Å². The second kappa shape index (κ2) is 10.3. The number of hydrogen-bond acceptors (Lipinski definition) is 2. The molecule has 0 spiro atoms. The molecule has 2 nitrogen and oxygen atoms in total. The zero-order valence-electron chi connectivity index (χ0n) is 22.1. The van der Waals surface area contributed by atoms with E-state index in [1.54, 1.807) is 12.1 Å². The first-order chi connectivity index (χ1) is 13.9. The summed E-state index contributed by atoms with van der Waals surface area (Å²) < 4.78 is 0. The first-order valence-corrected chi connectivity index (χ1v) is 11.5. The van der Waals surface area contributed by atoms with Crippen LogP contribution in [0.1, 0.15) is 104 Å². The molecule has 0 heterocycles. The van der Waals surface area contributed by atoms with E-state index in [9.17, 15) is 10.2 Å². The Morgan fingerprint density at radius 1 is 0.562 bits per heavy atom. The maximum Gasteiger partial charge on any atom is 2.00 e. The molecule has 0 aliphatic carbocycles. The summed E-state index contributed by atoms with van der Waals surface area (Å²) in [7, 11) is 0. The Labute approximate surface area is 226 Å². The van der Waals surface area contributed by atoms with E-state index in [-0.39, 0.29) is 70.9 Å². The SMILES string of the molecule is CC(C)(C)CC(C)(C)c1ccc([O-])c(Cc2cc(C(C)(C)CC(C)(C)C)ccc2[O-])c1.[Ca+2]. The van der Waals surface area contributed by atoms with E-state index >= 15 is 0 Å². The second-order valence-electron chi connectivity index (χ2n) is 13.1. The minimum Gasteiger partial charge on any atom is -0.872 e. The maximum atomic E-state index is 12.7. The van der Waals surface area contributed by atoms with Gasteiger partial charge in [-0.15, -0.1) is 11.5 Å². The van der Waals surface area contributed by atoms with Crippen molar-refractivity contribution in [1.29, 1.82) is 0 Å². The predicted octanol–water partition coefficient (Wildman–Crippen LogP) is 6.47. The maximum absolute atomic E-state index is 12.7. The van der Waals surface area contributed by atoms with E-state index in [1.165, 1.54) is 0 Å². The second-order valence-corrected chi connectivity index (χ2v) is 13.1. The third-order valence-electron chi connectivity index (χ3n) is 6.01. The van der Waals surface area contributed by atoms with Crippen LogP contribution in [0.4, 0.5) is 0 Å². The molecule has 0 N–H and O–H groups in total. The minimum absolute atomic E-state index is 0. The zero-order valence-corrected chi connectivity index (χ0v) is 24.3. The van der Waals surface area contributed by atoms with Crippen molar-refractivity contribution in [2.45, 2.75) is 99.3 Å². The molecule has 3 heteroatoms. The molecule has 0 atom stereocenters. The molecular formula is C29H42CaO2. The molecule has 0 bridgehead atoms. The molecule has 0 saturated carbocycles. The predicted molar refractivity (Wildman–Crippen MR) is 135 cm³/mol. The Morgan fingerprint density at radius 3 is 1.16 bits per heavy atom. The van der Waals surface area contributed by atoms with Crippen molar-refractivity contribution < 1.29 is 10.2 Å². The molecule has 2 aromatic rings. The third kappa shape index (κ3) is 8.26. The van der Waals surface area contributed by atoms with Crippen LogP contribution in [0.5, 0.6) is 11.5 Å². The van der Waals surface area contributed by atoms with E-state index in [4.69, 9.17) is 0 Å². The van der Waals surface area contributed by atoms with Gasteiger partial charge in [0.15, 0.2) is 0 Å². The van der Waals surface area contributed by atoms with Gasteiger partial charge in [0.2, 0.25) is 0 Å². The molecule has 32 heavy (non-hydrogen) atoms. The van der Waals surface area contributed by atoms with Crippen LogP contribution in [-0.2, 0) is 17.3 Å². The molecule has 0 amide bonds. The van der Waals surface area contributed by atoms with E-state index in [1.807, 2.05) is 24.3 Å². The van der Waals surface area contributed by atoms with Crippen LogP contribution in [0.15, 0.2) is 36.4 Å². The van der Waals surface area contributed by atoms with E-state index < -0.39 is 0 Å². The first-order valence-electron chi connectivity index (χ1n) is 11.5. The van der Waals surface area contributed by atoms with E-state index in [0.717, 1.165) is 24.0 Å². The van der Waals surface area contributed by atoms with Crippen LogP contribution < -0.4 is 10.2 Å². The molecule has 2 aromatic carbocycles. The van der Waals surface area contributed by atoms with Gasteiger partial charge in [0.05, 0.1) is 0 Å². The molecule has 0 radical (unpaired) electrons. The van der Waals surface area contributed by atoms with Gasteiger partial charge in [-0.05, 0) is 52.0 Å². The third-order valence-corrected chi connectivity index (χ3v) is 6.01. The van der Waals surface area contributed by atoms with Gasteiger partial charge in [-0.2, -0.15) is 0 Å². The van der Waals surface area contributed by atoms with Gasteiger partial charge in [-0.1, -0.05) is 117 Å². The molecule has 0 unspecified atom stereocenters. The molecule has 2 rings (SSSR count). The molecule has 0 aliphatic heterocycles.